The zero-order valence-electron chi connectivity index (χ0n) is 4.08. The van der Waals surface area contributed by atoms with Crippen LogP contribution >= 0.6 is 0 Å². The number of ether oxygens (including phenoxy) is 1. The van der Waals surface area contributed by atoms with Crippen LogP contribution in [0.4, 0.5) is 4.79 Å². The zero-order chi connectivity index (χ0) is 6.57. The Morgan fingerprint density at radius 3 is 2.25 bits per heavy atom. The van der Waals surface area contributed by atoms with Gasteiger partial charge >= 0.3 is 6.09 Å². The van der Waals surface area contributed by atoms with Crippen LogP contribution in [0.5, 0.6) is 0 Å². The predicted octanol–water partition coefficient (Wildman–Crippen LogP) is -1.13. The second-order valence-corrected chi connectivity index (χ2v) is 1.60. The van der Waals surface area contributed by atoms with Gasteiger partial charge in [-0.15, -0.1) is 0 Å². The second-order valence-electron chi connectivity index (χ2n) is 0.860. The van der Waals surface area contributed by atoms with Gasteiger partial charge in [-0.2, -0.15) is 0 Å². The van der Waals surface area contributed by atoms with Crippen molar-refractivity contribution < 1.29 is 17.9 Å². The van der Waals surface area contributed by atoms with Gasteiger partial charge in [-0.3, -0.25) is 0 Å². The molecule has 1 N–H and O–H groups in total. The van der Waals surface area contributed by atoms with Gasteiger partial charge in [-0.05, 0) is 0 Å². The highest BCUT2D eigenvalue weighted by Gasteiger charge is 1.94. The predicted molar refractivity (Wildman–Crippen MR) is 25.9 cm³/mol. The summed E-state index contributed by atoms with van der Waals surface area (Å²) in [6.45, 7) is 0. The van der Waals surface area contributed by atoms with Crippen molar-refractivity contribution in [3.63, 3.8) is 0 Å². The van der Waals surface area contributed by atoms with E-state index in [4.69, 9.17) is 0 Å². The highest BCUT2D eigenvalue weighted by Crippen LogP contribution is 1.66. The number of carbonyl (C=O) groups excluding carboxylic acids is 1. The Kier molecular flexibility index (Phi) is 2.93. The van der Waals surface area contributed by atoms with Crippen molar-refractivity contribution in [2.24, 2.45) is 0 Å². The number of hydrogen-bond acceptors (Lipinski definition) is 4. The molecule has 0 aromatic rings. The lowest BCUT2D eigenvalue weighted by atomic mass is 11.2. The molecule has 0 aromatic heterocycles. The molecule has 8 heavy (non-hydrogen) atoms. The number of rotatable bonds is 1. The monoisotopic (exact) mass is 139 g/mol. The van der Waals surface area contributed by atoms with Crippen LogP contribution in [0.15, 0.2) is 0 Å². The van der Waals surface area contributed by atoms with Crippen molar-refractivity contribution in [3.8, 4) is 0 Å². The topological polar surface area (TPSA) is 72.5 Å². The molecule has 0 saturated heterocycles. The molecule has 5 nitrogen and oxygen atoms in total. The van der Waals surface area contributed by atoms with E-state index in [1.54, 1.807) is 0 Å². The molecule has 0 aliphatic carbocycles. The fourth-order valence-corrected chi connectivity index (χ4v) is 0.361. The molecule has 0 aliphatic heterocycles. The Bertz CT molecular complexity index is 142. The van der Waals surface area contributed by atoms with E-state index in [1.165, 1.54) is 4.72 Å². The van der Waals surface area contributed by atoms with Crippen molar-refractivity contribution in [1.29, 1.82) is 0 Å². The summed E-state index contributed by atoms with van der Waals surface area (Å²) in [7, 11) is -1.79. The van der Waals surface area contributed by atoms with Gasteiger partial charge in [0.1, 0.15) is 0 Å². The average Bonchev–Trinajstić information content (AvgIpc) is 1.65. The van der Waals surface area contributed by atoms with Crippen LogP contribution in [-0.4, -0.2) is 21.6 Å². The van der Waals surface area contributed by atoms with Gasteiger partial charge in [0, 0.05) is 0 Å². The minimum Gasteiger partial charge on any atom is -0.452 e. The van der Waals surface area contributed by atoms with E-state index >= 15 is 0 Å². The van der Waals surface area contributed by atoms with Gasteiger partial charge in [-0.25, -0.2) is 17.9 Å². The van der Waals surface area contributed by atoms with E-state index in [2.05, 4.69) is 4.74 Å². The number of amides is 1. The van der Waals surface area contributed by atoms with Crippen LogP contribution in [0, 0.1) is 0 Å². The van der Waals surface area contributed by atoms with Crippen molar-refractivity contribution in [3.05, 3.63) is 0 Å². The third-order valence-electron chi connectivity index (χ3n) is 0.368. The normalized spacial score (nSPS) is 8.75. The van der Waals surface area contributed by atoms with E-state index in [9.17, 15) is 13.2 Å². The van der Waals surface area contributed by atoms with E-state index < -0.39 is 17.0 Å². The smallest absolute Gasteiger partial charge is 0.420 e. The fraction of sp³-hybridized carbons (Fsp3) is 0.500. The largest absolute Gasteiger partial charge is 0.452 e. The summed E-state index contributed by atoms with van der Waals surface area (Å²) in [5, 5.41) is 0. The van der Waals surface area contributed by atoms with Crippen molar-refractivity contribution in [1.82, 2.24) is 4.72 Å². The Morgan fingerprint density at radius 2 is 2.12 bits per heavy atom. The van der Waals surface area contributed by atoms with E-state index in [1.807, 2.05) is 0 Å². The Balaban J connectivity index is 3.56. The quantitative estimate of drug-likeness (QED) is 0.451. The molecule has 0 saturated carbocycles. The number of methoxy groups -OCH3 is 1. The first-order valence-corrected chi connectivity index (χ1v) is 2.83. The van der Waals surface area contributed by atoms with Crippen LogP contribution in [-0.2, 0) is 15.6 Å². The van der Waals surface area contributed by atoms with Gasteiger partial charge in [0.05, 0.1) is 7.11 Å². The molecule has 1 amide bonds. The third kappa shape index (κ3) is 3.41. The number of nitrogens with one attached hydrogen (secondary N) is 1. The summed E-state index contributed by atoms with van der Waals surface area (Å²) < 4.78 is 24.6. The van der Waals surface area contributed by atoms with Gasteiger partial charge in [0.2, 0.25) is 10.9 Å². The van der Waals surface area contributed by atoms with Crippen molar-refractivity contribution in [2.45, 2.75) is 0 Å². The van der Waals surface area contributed by atoms with E-state index in [0.29, 0.717) is 0 Å². The second kappa shape index (κ2) is 3.25. The SMILES string of the molecule is COC(=O)N[SH](=O)=O. The lowest BCUT2D eigenvalue weighted by molar-refractivity contribution is 0.178. The highest BCUT2D eigenvalue weighted by molar-refractivity contribution is 7.70. The van der Waals surface area contributed by atoms with Gasteiger partial charge in [-0.1, -0.05) is 0 Å². The molecule has 0 heterocycles. The molecule has 0 atom stereocenters. The molecule has 0 bridgehead atoms. The van der Waals surface area contributed by atoms with Crippen LogP contribution in [0.2, 0.25) is 0 Å². The number of carbonyl (C=O) groups is 1. The van der Waals surface area contributed by atoms with Crippen LogP contribution in [0.3, 0.4) is 0 Å². The molecule has 48 valence electrons. The Hall–Kier alpha value is -0.780. The van der Waals surface area contributed by atoms with E-state index in [-0.39, 0.29) is 0 Å². The van der Waals surface area contributed by atoms with Gasteiger partial charge < -0.3 is 4.74 Å². The molecule has 0 aromatic carbocycles. The first-order chi connectivity index (χ1) is 3.66. The molecular weight excluding hydrogens is 134 g/mol. The molecule has 6 heteroatoms. The maximum atomic E-state index is 9.91. The maximum Gasteiger partial charge on any atom is 0.420 e. The first kappa shape index (κ1) is 7.22. The highest BCUT2D eigenvalue weighted by atomic mass is 32.2. The summed E-state index contributed by atoms with van der Waals surface area (Å²) in [5.41, 5.74) is 0. The minimum absolute atomic E-state index is 0.971. The molecule has 0 radical (unpaired) electrons. The van der Waals surface area contributed by atoms with Crippen molar-refractivity contribution in [2.75, 3.05) is 7.11 Å². The van der Waals surface area contributed by atoms with Gasteiger partial charge in [0.25, 0.3) is 0 Å². The van der Waals surface area contributed by atoms with Crippen LogP contribution in [0.25, 0.3) is 0 Å². The fourth-order valence-electron chi connectivity index (χ4n) is 0.120. The first-order valence-electron chi connectivity index (χ1n) is 1.66. The van der Waals surface area contributed by atoms with Gasteiger partial charge in [0.15, 0.2) is 0 Å². The molecule has 0 aliphatic rings. The van der Waals surface area contributed by atoms with Crippen LogP contribution in [0.1, 0.15) is 0 Å². The molecular formula is C2H5NO4S. The minimum atomic E-state index is -2.87. The summed E-state index contributed by atoms with van der Waals surface area (Å²) in [4.78, 5) is 9.91. The Morgan fingerprint density at radius 1 is 1.62 bits per heavy atom. The van der Waals surface area contributed by atoms with Crippen LogP contribution < -0.4 is 4.72 Å². The summed E-state index contributed by atoms with van der Waals surface area (Å²) >= 11 is 0. The van der Waals surface area contributed by atoms with Crippen molar-refractivity contribution >= 4 is 17.0 Å². The molecule has 0 spiro atoms. The standard InChI is InChI=1S/C2H5NO4S/c1-7-2(4)3-8(5)6/h8H,1H3,(H,3,4,5,6). The Labute approximate surface area is 47.7 Å². The number of thiol groups is 1. The number of hydrogen-bond donors (Lipinski definition) is 2. The lowest BCUT2D eigenvalue weighted by Gasteiger charge is -1.90. The zero-order valence-corrected chi connectivity index (χ0v) is 4.97. The lowest BCUT2D eigenvalue weighted by Crippen LogP contribution is -2.20. The van der Waals surface area contributed by atoms with E-state index in [0.717, 1.165) is 7.11 Å². The molecule has 0 unspecified atom stereocenters. The summed E-state index contributed by atoms with van der Waals surface area (Å²) in [5.74, 6) is 0. The average molecular weight is 139 g/mol. The summed E-state index contributed by atoms with van der Waals surface area (Å²) in [6, 6.07) is 0. The molecule has 0 fully saturated rings. The maximum absolute atomic E-state index is 9.91. The summed E-state index contributed by atoms with van der Waals surface area (Å²) in [6.07, 6.45) is -0.971. The molecule has 0 rings (SSSR count). The third-order valence-corrected chi connectivity index (χ3v) is 0.733.